The van der Waals surface area contributed by atoms with E-state index in [9.17, 15) is 13.5 Å². The van der Waals surface area contributed by atoms with Crippen molar-refractivity contribution in [3.8, 4) is 5.75 Å². The van der Waals surface area contributed by atoms with Crippen LogP contribution in [-0.4, -0.2) is 23.6 Å². The van der Waals surface area contributed by atoms with Gasteiger partial charge >= 0.3 is 0 Å². The lowest BCUT2D eigenvalue weighted by Gasteiger charge is -2.19. The number of sulfonamides is 1. The first-order chi connectivity index (χ1) is 12.5. The van der Waals surface area contributed by atoms with Crippen LogP contribution in [0.2, 0.25) is 0 Å². The molecule has 0 radical (unpaired) electrons. The smallest absolute Gasteiger partial charge is 0.271 e. The zero-order valence-corrected chi connectivity index (χ0v) is 15.5. The number of benzene rings is 2. The summed E-state index contributed by atoms with van der Waals surface area (Å²) in [6.45, 7) is 0. The number of fused-ring (bicyclic) bond motifs is 1. The molecule has 0 unspecified atom stereocenters. The van der Waals surface area contributed by atoms with Gasteiger partial charge in [-0.2, -0.15) is 5.10 Å². The highest BCUT2D eigenvalue weighted by Crippen LogP contribution is 2.40. The number of rotatable bonds is 5. The van der Waals surface area contributed by atoms with Crippen molar-refractivity contribution in [2.45, 2.75) is 14.3 Å². The molecule has 0 saturated heterocycles. The first-order valence-electron chi connectivity index (χ1n) is 7.37. The largest absolute Gasteiger partial charge is 0.871 e. The molecule has 0 aliphatic rings. The van der Waals surface area contributed by atoms with Crippen LogP contribution in [0.3, 0.4) is 0 Å². The monoisotopic (exact) mass is 403 g/mol. The summed E-state index contributed by atoms with van der Waals surface area (Å²) in [5.41, 5.74) is 0.343. The number of nitrogens with zero attached hydrogens (tertiary/aromatic N) is 2. The normalized spacial score (nSPS) is 11.7. The summed E-state index contributed by atoms with van der Waals surface area (Å²) < 4.78 is 28.0. The van der Waals surface area contributed by atoms with E-state index in [1.807, 2.05) is 0 Å². The van der Waals surface area contributed by atoms with Gasteiger partial charge in [0.25, 0.3) is 10.0 Å². The van der Waals surface area contributed by atoms with E-state index in [4.69, 9.17) is 0 Å². The van der Waals surface area contributed by atoms with Crippen LogP contribution in [0, 0.1) is 0 Å². The average Bonchev–Trinajstić information content (AvgIpc) is 3.33. The van der Waals surface area contributed by atoms with E-state index in [1.165, 1.54) is 18.5 Å². The molecule has 2 N–H and O–H groups in total. The Hall–Kier alpha value is -2.56. The second kappa shape index (κ2) is 6.63. The first-order valence-corrected chi connectivity index (χ1v) is 10.5. The summed E-state index contributed by atoms with van der Waals surface area (Å²) in [5, 5.41) is 22.3. The number of nitrogens with one attached hydrogen (secondary N) is 2. The third-order valence-electron chi connectivity index (χ3n) is 3.56. The minimum atomic E-state index is -3.73. The Labute approximate surface area is 157 Å². The highest BCUT2D eigenvalue weighted by atomic mass is 32.2. The van der Waals surface area contributed by atoms with E-state index in [0.717, 1.165) is 23.1 Å². The minimum absolute atomic E-state index is 0.193. The molecule has 4 rings (SSSR count). The fourth-order valence-corrected chi connectivity index (χ4v) is 5.29. The lowest BCUT2D eigenvalue weighted by atomic mass is 10.1. The summed E-state index contributed by atoms with van der Waals surface area (Å²) in [5.74, 6) is -0.193. The van der Waals surface area contributed by atoms with Gasteiger partial charge in [-0.3, -0.25) is 9.82 Å². The second-order valence-electron chi connectivity index (χ2n) is 5.23. The molecule has 0 fully saturated rings. The van der Waals surface area contributed by atoms with Crippen LogP contribution in [-0.2, 0) is 10.0 Å². The van der Waals surface area contributed by atoms with Gasteiger partial charge in [-0.05, 0) is 22.9 Å². The van der Waals surface area contributed by atoms with Gasteiger partial charge in [-0.15, -0.1) is 11.3 Å². The summed E-state index contributed by atoms with van der Waals surface area (Å²) >= 11 is 2.22. The van der Waals surface area contributed by atoms with E-state index in [-0.39, 0.29) is 9.96 Å². The van der Waals surface area contributed by atoms with E-state index < -0.39 is 10.0 Å². The van der Waals surface area contributed by atoms with E-state index >= 15 is 0 Å². The Morgan fingerprint density at radius 1 is 1.15 bits per heavy atom. The molecule has 2 aromatic carbocycles. The van der Waals surface area contributed by atoms with Crippen molar-refractivity contribution in [2.24, 2.45) is 0 Å². The molecule has 26 heavy (non-hydrogen) atoms. The van der Waals surface area contributed by atoms with Crippen molar-refractivity contribution in [1.29, 1.82) is 0 Å². The molecular weight excluding hydrogens is 392 g/mol. The van der Waals surface area contributed by atoms with Crippen LogP contribution in [0.4, 0.5) is 5.69 Å². The van der Waals surface area contributed by atoms with Gasteiger partial charge in [0.2, 0.25) is 0 Å². The van der Waals surface area contributed by atoms with Crippen molar-refractivity contribution < 1.29 is 13.5 Å². The minimum Gasteiger partial charge on any atom is -0.871 e. The van der Waals surface area contributed by atoms with Gasteiger partial charge < -0.3 is 5.11 Å². The first kappa shape index (κ1) is 16.9. The Morgan fingerprint density at radius 3 is 2.65 bits per heavy atom. The molecule has 0 aliphatic carbocycles. The lowest BCUT2D eigenvalue weighted by Crippen LogP contribution is -2.12. The summed E-state index contributed by atoms with van der Waals surface area (Å²) in [6, 6.07) is 11.6. The fraction of sp³-hybridized carbons (Fsp3) is 0. The highest BCUT2D eigenvalue weighted by molar-refractivity contribution is 7.99. The molecule has 0 saturated carbocycles. The third kappa shape index (κ3) is 3.14. The van der Waals surface area contributed by atoms with Crippen molar-refractivity contribution in [3.05, 3.63) is 54.2 Å². The molecule has 2 heterocycles. The number of H-pyrrole nitrogens is 1. The number of hydrogen-bond acceptors (Lipinski definition) is 7. The van der Waals surface area contributed by atoms with E-state index in [1.54, 1.807) is 35.7 Å². The Kier molecular flexibility index (Phi) is 4.31. The van der Waals surface area contributed by atoms with Gasteiger partial charge in [0.15, 0.2) is 5.16 Å². The topological polar surface area (TPSA) is 111 Å². The lowest BCUT2D eigenvalue weighted by molar-refractivity contribution is -0.269. The summed E-state index contributed by atoms with van der Waals surface area (Å²) in [6.07, 6.45) is 1.34. The maximum Gasteiger partial charge on any atom is 0.271 e. The van der Waals surface area contributed by atoms with Crippen molar-refractivity contribution in [1.82, 2.24) is 15.2 Å². The van der Waals surface area contributed by atoms with Gasteiger partial charge in [-0.1, -0.05) is 47.8 Å². The number of thiophene rings is 1. The molecule has 0 atom stereocenters. The molecule has 132 valence electrons. The van der Waals surface area contributed by atoms with Gasteiger partial charge in [0, 0.05) is 10.3 Å². The maximum atomic E-state index is 12.7. The molecule has 2 aromatic heterocycles. The molecule has 0 amide bonds. The molecule has 0 aliphatic heterocycles. The second-order valence-corrected chi connectivity index (χ2v) is 9.11. The van der Waals surface area contributed by atoms with E-state index in [0.29, 0.717) is 26.5 Å². The standard InChI is InChI=1S/C16H12N4O3S3/c21-15-11-5-2-1-4-10(11)12(8-13(15)25-16-17-9-18-19-16)20-26(22,23)14-6-3-7-24-14/h1-9,20-21H,(H,17,18,19)/p-1. The molecule has 0 spiro atoms. The molecule has 10 heteroatoms. The third-order valence-corrected chi connectivity index (χ3v) is 7.24. The number of aromatic nitrogens is 3. The maximum absolute atomic E-state index is 12.7. The molecule has 7 nitrogen and oxygen atoms in total. The summed E-state index contributed by atoms with van der Waals surface area (Å²) in [4.78, 5) is 4.35. The molecular formula is C16H11N4O3S3-. The number of aromatic amines is 1. The van der Waals surface area contributed by atoms with Gasteiger partial charge in [0.05, 0.1) is 5.69 Å². The Bertz CT molecular complexity index is 1160. The molecule has 0 bridgehead atoms. The Morgan fingerprint density at radius 2 is 1.96 bits per heavy atom. The van der Waals surface area contributed by atoms with Crippen LogP contribution in [0.1, 0.15) is 0 Å². The SMILES string of the molecule is O=S(=O)(Nc1cc(Sc2ncn[nH]2)c([O-])c2ccccc12)c1cccs1. The van der Waals surface area contributed by atoms with Crippen LogP contribution in [0.25, 0.3) is 10.8 Å². The zero-order valence-electron chi connectivity index (χ0n) is 13.0. The van der Waals surface area contributed by atoms with E-state index in [2.05, 4.69) is 19.9 Å². The highest BCUT2D eigenvalue weighted by Gasteiger charge is 2.18. The predicted molar refractivity (Wildman–Crippen MR) is 99.0 cm³/mol. The van der Waals surface area contributed by atoms with Crippen LogP contribution in [0.5, 0.6) is 5.75 Å². The van der Waals surface area contributed by atoms with Gasteiger partial charge in [-0.25, -0.2) is 13.4 Å². The molecule has 4 aromatic rings. The van der Waals surface area contributed by atoms with Crippen LogP contribution < -0.4 is 9.83 Å². The van der Waals surface area contributed by atoms with Crippen molar-refractivity contribution in [2.75, 3.05) is 4.72 Å². The van der Waals surface area contributed by atoms with Crippen LogP contribution >= 0.6 is 23.1 Å². The predicted octanol–water partition coefficient (Wildman–Crippen LogP) is 3.05. The quantitative estimate of drug-likeness (QED) is 0.530. The van der Waals surface area contributed by atoms with Crippen molar-refractivity contribution in [3.63, 3.8) is 0 Å². The van der Waals surface area contributed by atoms with Gasteiger partial charge in [0.1, 0.15) is 10.5 Å². The fourth-order valence-electron chi connectivity index (χ4n) is 2.44. The zero-order chi connectivity index (χ0) is 18.1. The van der Waals surface area contributed by atoms with Crippen LogP contribution in [0.15, 0.2) is 68.4 Å². The average molecular weight is 403 g/mol. The Balaban J connectivity index is 1.84. The number of hydrogen-bond donors (Lipinski definition) is 2. The number of anilines is 1. The summed E-state index contributed by atoms with van der Waals surface area (Å²) in [7, 11) is -3.73. The van der Waals surface area contributed by atoms with Crippen molar-refractivity contribution >= 4 is 49.6 Å².